The summed E-state index contributed by atoms with van der Waals surface area (Å²) in [5.74, 6) is -0.179. The molecule has 0 bridgehead atoms. The van der Waals surface area contributed by atoms with Crippen LogP contribution in [0.25, 0.3) is 0 Å². The smallest absolute Gasteiger partial charge is 0.269 e. The molecule has 0 aliphatic rings. The van der Waals surface area contributed by atoms with Crippen LogP contribution in [0.3, 0.4) is 0 Å². The van der Waals surface area contributed by atoms with Crippen LogP contribution >= 0.6 is 0 Å². The summed E-state index contributed by atoms with van der Waals surface area (Å²) in [6.45, 7) is 4.45. The minimum Gasteiger partial charge on any atom is -0.374 e. The van der Waals surface area contributed by atoms with Gasteiger partial charge in [0.2, 0.25) is 0 Å². The first-order valence-electron chi connectivity index (χ1n) is 4.92. The van der Waals surface area contributed by atoms with Crippen molar-refractivity contribution in [1.29, 1.82) is 0 Å². The molecule has 0 saturated heterocycles. The van der Waals surface area contributed by atoms with E-state index in [1.54, 1.807) is 19.3 Å². The summed E-state index contributed by atoms with van der Waals surface area (Å²) in [6.07, 6.45) is 1.80. The van der Waals surface area contributed by atoms with E-state index in [1.165, 1.54) is 0 Å². The SMILES string of the molecule is CNC(=O)c1cc(COC(C)C)ccn1. The average Bonchev–Trinajstić information content (AvgIpc) is 2.25. The predicted molar refractivity (Wildman–Crippen MR) is 57.6 cm³/mol. The molecule has 82 valence electrons. The molecule has 4 heteroatoms. The molecule has 0 aromatic carbocycles. The highest BCUT2D eigenvalue weighted by molar-refractivity contribution is 5.92. The summed E-state index contributed by atoms with van der Waals surface area (Å²) >= 11 is 0. The Hall–Kier alpha value is -1.42. The normalized spacial score (nSPS) is 10.4. The van der Waals surface area contributed by atoms with Gasteiger partial charge in [0.25, 0.3) is 5.91 Å². The second-order valence-corrected chi connectivity index (χ2v) is 3.49. The number of nitrogens with one attached hydrogen (secondary N) is 1. The molecule has 1 aromatic rings. The number of pyridine rings is 1. The van der Waals surface area contributed by atoms with E-state index in [0.29, 0.717) is 12.3 Å². The van der Waals surface area contributed by atoms with Gasteiger partial charge < -0.3 is 10.1 Å². The van der Waals surface area contributed by atoms with Crippen molar-refractivity contribution in [3.63, 3.8) is 0 Å². The molecule has 1 aromatic heterocycles. The number of amides is 1. The summed E-state index contributed by atoms with van der Waals surface area (Å²) in [7, 11) is 1.58. The Morgan fingerprint density at radius 3 is 2.93 bits per heavy atom. The number of nitrogens with zero attached hydrogens (tertiary/aromatic N) is 1. The van der Waals surface area contributed by atoms with E-state index >= 15 is 0 Å². The van der Waals surface area contributed by atoms with Gasteiger partial charge in [-0.05, 0) is 31.5 Å². The van der Waals surface area contributed by atoms with Gasteiger partial charge in [-0.2, -0.15) is 0 Å². The Morgan fingerprint density at radius 1 is 1.60 bits per heavy atom. The van der Waals surface area contributed by atoms with Crippen LogP contribution in [0.5, 0.6) is 0 Å². The molecule has 0 aliphatic heterocycles. The van der Waals surface area contributed by atoms with Gasteiger partial charge in [-0.1, -0.05) is 0 Å². The van der Waals surface area contributed by atoms with Crippen LogP contribution in [0.1, 0.15) is 29.9 Å². The van der Waals surface area contributed by atoms with Gasteiger partial charge in [0.05, 0.1) is 12.7 Å². The third kappa shape index (κ3) is 3.67. The molecule has 15 heavy (non-hydrogen) atoms. The molecule has 1 rings (SSSR count). The predicted octanol–water partition coefficient (Wildman–Crippen LogP) is 1.37. The minimum atomic E-state index is -0.179. The van der Waals surface area contributed by atoms with Gasteiger partial charge in [-0.3, -0.25) is 9.78 Å². The molecule has 1 amide bonds. The van der Waals surface area contributed by atoms with Crippen LogP contribution in [0.15, 0.2) is 18.3 Å². The zero-order valence-corrected chi connectivity index (χ0v) is 9.28. The fraction of sp³-hybridized carbons (Fsp3) is 0.455. The maximum Gasteiger partial charge on any atom is 0.269 e. The van der Waals surface area contributed by atoms with Gasteiger partial charge in [0.1, 0.15) is 5.69 Å². The quantitative estimate of drug-likeness (QED) is 0.813. The zero-order valence-electron chi connectivity index (χ0n) is 9.28. The van der Waals surface area contributed by atoms with Crippen LogP contribution in [0.2, 0.25) is 0 Å². The Kier molecular flexibility index (Phi) is 4.24. The summed E-state index contributed by atoms with van der Waals surface area (Å²) in [4.78, 5) is 15.3. The number of carbonyl (C=O) groups excluding carboxylic acids is 1. The lowest BCUT2D eigenvalue weighted by molar-refractivity contribution is 0.0656. The van der Waals surface area contributed by atoms with Gasteiger partial charge in [-0.15, -0.1) is 0 Å². The summed E-state index contributed by atoms with van der Waals surface area (Å²) in [5.41, 5.74) is 1.37. The number of ether oxygens (including phenoxy) is 1. The molecule has 0 fully saturated rings. The largest absolute Gasteiger partial charge is 0.374 e. The van der Waals surface area contributed by atoms with Crippen molar-refractivity contribution in [2.24, 2.45) is 0 Å². The Bertz CT molecular complexity index is 337. The van der Waals surface area contributed by atoms with Crippen LogP contribution in [-0.4, -0.2) is 24.0 Å². The van der Waals surface area contributed by atoms with E-state index in [4.69, 9.17) is 4.74 Å². The van der Waals surface area contributed by atoms with E-state index in [1.807, 2.05) is 19.9 Å². The number of carbonyl (C=O) groups is 1. The lowest BCUT2D eigenvalue weighted by Gasteiger charge is -2.07. The molecule has 0 saturated carbocycles. The molecule has 1 N–H and O–H groups in total. The van der Waals surface area contributed by atoms with Gasteiger partial charge in [0, 0.05) is 13.2 Å². The summed E-state index contributed by atoms with van der Waals surface area (Å²) in [6, 6.07) is 3.58. The monoisotopic (exact) mass is 208 g/mol. The van der Waals surface area contributed by atoms with Crippen LogP contribution < -0.4 is 5.32 Å². The molecule has 0 spiro atoms. The van der Waals surface area contributed by atoms with Gasteiger partial charge in [0.15, 0.2) is 0 Å². The first-order chi connectivity index (χ1) is 7.13. The van der Waals surface area contributed by atoms with E-state index < -0.39 is 0 Å². The van der Waals surface area contributed by atoms with Gasteiger partial charge >= 0.3 is 0 Å². The van der Waals surface area contributed by atoms with Crippen LogP contribution in [0.4, 0.5) is 0 Å². The first-order valence-corrected chi connectivity index (χ1v) is 4.92. The molecular weight excluding hydrogens is 192 g/mol. The summed E-state index contributed by atoms with van der Waals surface area (Å²) in [5, 5.41) is 2.53. The highest BCUT2D eigenvalue weighted by atomic mass is 16.5. The maximum atomic E-state index is 11.3. The minimum absolute atomic E-state index is 0.179. The fourth-order valence-corrected chi connectivity index (χ4v) is 1.08. The maximum absolute atomic E-state index is 11.3. The zero-order chi connectivity index (χ0) is 11.3. The molecular formula is C11H16N2O2. The molecule has 1 heterocycles. The standard InChI is InChI=1S/C11H16N2O2/c1-8(2)15-7-9-4-5-13-10(6-9)11(14)12-3/h4-6,8H,7H2,1-3H3,(H,12,14). The highest BCUT2D eigenvalue weighted by Crippen LogP contribution is 2.05. The lowest BCUT2D eigenvalue weighted by atomic mass is 10.2. The number of rotatable bonds is 4. The topological polar surface area (TPSA) is 51.2 Å². The average molecular weight is 208 g/mol. The van der Waals surface area contributed by atoms with Crippen molar-refractivity contribution in [1.82, 2.24) is 10.3 Å². The van der Waals surface area contributed by atoms with E-state index in [2.05, 4.69) is 10.3 Å². The molecule has 0 aliphatic carbocycles. The van der Waals surface area contributed by atoms with E-state index in [0.717, 1.165) is 5.56 Å². The van der Waals surface area contributed by atoms with Crippen molar-refractivity contribution in [2.45, 2.75) is 26.6 Å². The third-order valence-electron chi connectivity index (χ3n) is 1.87. The van der Waals surface area contributed by atoms with Crippen molar-refractivity contribution in [3.8, 4) is 0 Å². The van der Waals surface area contributed by atoms with E-state index in [-0.39, 0.29) is 12.0 Å². The first kappa shape index (κ1) is 11.7. The lowest BCUT2D eigenvalue weighted by Crippen LogP contribution is -2.19. The van der Waals surface area contributed by atoms with Crippen molar-refractivity contribution < 1.29 is 9.53 Å². The van der Waals surface area contributed by atoms with Crippen molar-refractivity contribution in [3.05, 3.63) is 29.6 Å². The van der Waals surface area contributed by atoms with Crippen molar-refractivity contribution in [2.75, 3.05) is 7.05 Å². The Morgan fingerprint density at radius 2 is 2.33 bits per heavy atom. The molecule has 4 nitrogen and oxygen atoms in total. The Labute approximate surface area is 89.7 Å². The number of hydrogen-bond donors (Lipinski definition) is 1. The number of aromatic nitrogens is 1. The Balaban J connectivity index is 2.70. The summed E-state index contributed by atoms with van der Waals surface area (Å²) < 4.78 is 5.44. The second-order valence-electron chi connectivity index (χ2n) is 3.49. The molecule has 0 unspecified atom stereocenters. The second kappa shape index (κ2) is 5.46. The third-order valence-corrected chi connectivity index (χ3v) is 1.87. The molecule has 0 radical (unpaired) electrons. The van der Waals surface area contributed by atoms with Crippen LogP contribution in [-0.2, 0) is 11.3 Å². The fourth-order valence-electron chi connectivity index (χ4n) is 1.08. The van der Waals surface area contributed by atoms with Crippen LogP contribution in [0, 0.1) is 0 Å². The van der Waals surface area contributed by atoms with Gasteiger partial charge in [-0.25, -0.2) is 0 Å². The molecule has 0 atom stereocenters. The highest BCUT2D eigenvalue weighted by Gasteiger charge is 2.05. The number of hydrogen-bond acceptors (Lipinski definition) is 3. The van der Waals surface area contributed by atoms with E-state index in [9.17, 15) is 4.79 Å². The van der Waals surface area contributed by atoms with Crippen molar-refractivity contribution >= 4 is 5.91 Å².